The topological polar surface area (TPSA) is 32.3 Å². The van der Waals surface area contributed by atoms with Crippen molar-refractivity contribution in [2.75, 3.05) is 7.05 Å². The van der Waals surface area contributed by atoms with Crippen molar-refractivity contribution in [3.05, 3.63) is 35.4 Å². The molecule has 0 spiro atoms. The molecule has 2 N–H and O–H groups in total. The molecule has 0 fully saturated rings. The molecular formula is C14H19NO. The largest absolute Gasteiger partial charge is 0.508 e. The Hall–Kier alpha value is -1.28. The first-order chi connectivity index (χ1) is 7.56. The summed E-state index contributed by atoms with van der Waals surface area (Å²) in [5.41, 5.74) is 3.50. The fourth-order valence-electron chi connectivity index (χ4n) is 2.29. The van der Waals surface area contributed by atoms with E-state index in [9.17, 15) is 5.11 Å². The summed E-state index contributed by atoms with van der Waals surface area (Å²) in [6, 6.07) is 5.78. The summed E-state index contributed by atoms with van der Waals surface area (Å²) in [5.74, 6) is 0.426. The van der Waals surface area contributed by atoms with E-state index in [1.54, 1.807) is 6.07 Å². The quantitative estimate of drug-likeness (QED) is 0.798. The van der Waals surface area contributed by atoms with Crippen LogP contribution in [0.4, 0.5) is 0 Å². The van der Waals surface area contributed by atoms with Gasteiger partial charge in [0.05, 0.1) is 0 Å². The van der Waals surface area contributed by atoms with Crippen LogP contribution >= 0.6 is 0 Å². The highest BCUT2D eigenvalue weighted by Crippen LogP contribution is 2.37. The van der Waals surface area contributed by atoms with Crippen LogP contribution in [0.25, 0.3) is 5.57 Å². The molecule has 0 radical (unpaired) electrons. The minimum atomic E-state index is -0.0526. The third kappa shape index (κ3) is 1.74. The van der Waals surface area contributed by atoms with Gasteiger partial charge in [0.25, 0.3) is 0 Å². The van der Waals surface area contributed by atoms with Crippen molar-refractivity contribution in [2.45, 2.75) is 32.2 Å². The molecule has 0 bridgehead atoms. The Balaban J connectivity index is 2.53. The van der Waals surface area contributed by atoms with Gasteiger partial charge in [-0.25, -0.2) is 0 Å². The van der Waals surface area contributed by atoms with Crippen LogP contribution in [0.2, 0.25) is 0 Å². The molecule has 86 valence electrons. The number of benzene rings is 1. The average molecular weight is 217 g/mol. The van der Waals surface area contributed by atoms with Crippen molar-refractivity contribution in [1.82, 2.24) is 5.32 Å². The minimum absolute atomic E-state index is 0.0526. The van der Waals surface area contributed by atoms with Crippen molar-refractivity contribution in [2.24, 2.45) is 0 Å². The van der Waals surface area contributed by atoms with Crippen LogP contribution in [0.5, 0.6) is 5.75 Å². The number of hydrogen-bond acceptors (Lipinski definition) is 2. The van der Waals surface area contributed by atoms with E-state index in [0.717, 1.165) is 18.4 Å². The summed E-state index contributed by atoms with van der Waals surface area (Å²) in [6.45, 7) is 4.33. The van der Waals surface area contributed by atoms with Gasteiger partial charge in [0.2, 0.25) is 0 Å². The molecule has 2 heteroatoms. The Labute approximate surface area is 97.0 Å². The first kappa shape index (κ1) is 11.2. The summed E-state index contributed by atoms with van der Waals surface area (Å²) in [5, 5.41) is 13.2. The first-order valence-electron chi connectivity index (χ1n) is 5.77. The van der Waals surface area contributed by atoms with E-state index < -0.39 is 0 Å². The Morgan fingerprint density at radius 1 is 1.31 bits per heavy atom. The zero-order valence-electron chi connectivity index (χ0n) is 10.2. The highest BCUT2D eigenvalue weighted by molar-refractivity contribution is 5.77. The Morgan fingerprint density at radius 2 is 2.06 bits per heavy atom. The van der Waals surface area contributed by atoms with Crippen molar-refractivity contribution < 1.29 is 5.11 Å². The second-order valence-electron chi connectivity index (χ2n) is 4.83. The molecular weight excluding hydrogens is 198 g/mol. The lowest BCUT2D eigenvalue weighted by Crippen LogP contribution is -2.38. The van der Waals surface area contributed by atoms with Gasteiger partial charge in [-0.3, -0.25) is 0 Å². The van der Waals surface area contributed by atoms with Gasteiger partial charge in [0.1, 0.15) is 5.75 Å². The standard InChI is InChI=1S/C14H19NO/c1-14(2,15-3)12-8-4-7-11-10(12)6-5-9-13(11)16/h5-6,8-9,15-16H,4,7H2,1-3H3. The molecule has 1 aromatic rings. The lowest BCUT2D eigenvalue weighted by Gasteiger charge is -2.32. The van der Waals surface area contributed by atoms with Gasteiger partial charge < -0.3 is 10.4 Å². The smallest absolute Gasteiger partial charge is 0.119 e. The molecule has 0 heterocycles. The highest BCUT2D eigenvalue weighted by atomic mass is 16.3. The summed E-state index contributed by atoms with van der Waals surface area (Å²) in [7, 11) is 1.97. The van der Waals surface area contributed by atoms with Crippen LogP contribution in [0.1, 0.15) is 31.4 Å². The van der Waals surface area contributed by atoms with Crippen molar-refractivity contribution in [3.8, 4) is 5.75 Å². The molecule has 2 rings (SSSR count). The molecule has 0 amide bonds. The van der Waals surface area contributed by atoms with E-state index in [0.29, 0.717) is 5.75 Å². The molecule has 0 atom stereocenters. The fourth-order valence-corrected chi connectivity index (χ4v) is 2.29. The Kier molecular flexibility index (Phi) is 2.76. The number of fused-ring (bicyclic) bond motifs is 1. The maximum absolute atomic E-state index is 9.86. The van der Waals surface area contributed by atoms with Gasteiger partial charge in [-0.1, -0.05) is 18.2 Å². The monoisotopic (exact) mass is 217 g/mol. The second kappa shape index (κ2) is 3.95. The number of allylic oxidation sites excluding steroid dienone is 1. The van der Waals surface area contributed by atoms with Crippen LogP contribution in [0.3, 0.4) is 0 Å². The lowest BCUT2D eigenvalue weighted by molar-refractivity contribution is 0.466. The maximum atomic E-state index is 9.86. The molecule has 1 aliphatic carbocycles. The zero-order valence-corrected chi connectivity index (χ0v) is 10.2. The van der Waals surface area contributed by atoms with Crippen LogP contribution in [0.15, 0.2) is 24.3 Å². The van der Waals surface area contributed by atoms with Crippen molar-refractivity contribution in [3.63, 3.8) is 0 Å². The molecule has 16 heavy (non-hydrogen) atoms. The minimum Gasteiger partial charge on any atom is -0.508 e. The highest BCUT2D eigenvalue weighted by Gasteiger charge is 2.26. The van der Waals surface area contributed by atoms with Gasteiger partial charge in [-0.05, 0) is 50.9 Å². The number of phenols is 1. The van der Waals surface area contributed by atoms with E-state index in [1.165, 1.54) is 11.1 Å². The second-order valence-corrected chi connectivity index (χ2v) is 4.83. The predicted molar refractivity (Wildman–Crippen MR) is 67.5 cm³/mol. The van der Waals surface area contributed by atoms with Crippen LogP contribution in [-0.2, 0) is 6.42 Å². The van der Waals surface area contributed by atoms with E-state index in [4.69, 9.17) is 0 Å². The molecule has 1 aliphatic rings. The SMILES string of the molecule is CNC(C)(C)C1=CCCc2c(O)cccc21. The lowest BCUT2D eigenvalue weighted by atomic mass is 9.80. The predicted octanol–water partition coefficient (Wildman–Crippen LogP) is 2.72. The molecule has 0 saturated heterocycles. The Morgan fingerprint density at radius 3 is 2.75 bits per heavy atom. The number of likely N-dealkylation sites (N-methyl/N-ethyl adjacent to an activating group) is 1. The number of phenolic OH excluding ortho intramolecular Hbond substituents is 1. The van der Waals surface area contributed by atoms with Gasteiger partial charge in [0.15, 0.2) is 0 Å². The number of rotatable bonds is 2. The van der Waals surface area contributed by atoms with Gasteiger partial charge in [-0.15, -0.1) is 0 Å². The summed E-state index contributed by atoms with van der Waals surface area (Å²) in [6.07, 6.45) is 4.22. The zero-order chi connectivity index (χ0) is 11.8. The molecule has 0 unspecified atom stereocenters. The first-order valence-corrected chi connectivity index (χ1v) is 5.77. The van der Waals surface area contributed by atoms with Crippen LogP contribution < -0.4 is 5.32 Å². The molecule has 0 saturated carbocycles. The average Bonchev–Trinajstić information content (AvgIpc) is 2.29. The number of hydrogen-bond donors (Lipinski definition) is 2. The molecule has 1 aromatic carbocycles. The summed E-state index contributed by atoms with van der Waals surface area (Å²) < 4.78 is 0. The van der Waals surface area contributed by atoms with Crippen LogP contribution in [0, 0.1) is 0 Å². The van der Waals surface area contributed by atoms with Crippen molar-refractivity contribution in [1.29, 1.82) is 0 Å². The van der Waals surface area contributed by atoms with E-state index in [1.807, 2.05) is 13.1 Å². The third-order valence-electron chi connectivity index (χ3n) is 3.48. The number of aromatic hydroxyl groups is 1. The molecule has 0 aliphatic heterocycles. The van der Waals surface area contributed by atoms with E-state index in [2.05, 4.69) is 31.3 Å². The fraction of sp³-hybridized carbons (Fsp3) is 0.429. The number of nitrogens with one attached hydrogen (secondary N) is 1. The third-order valence-corrected chi connectivity index (χ3v) is 3.48. The van der Waals surface area contributed by atoms with Gasteiger partial charge in [0, 0.05) is 11.1 Å². The van der Waals surface area contributed by atoms with Gasteiger partial charge in [-0.2, -0.15) is 0 Å². The summed E-state index contributed by atoms with van der Waals surface area (Å²) in [4.78, 5) is 0. The van der Waals surface area contributed by atoms with E-state index in [-0.39, 0.29) is 5.54 Å². The Bertz CT molecular complexity index is 432. The summed E-state index contributed by atoms with van der Waals surface area (Å²) >= 11 is 0. The molecule has 0 aromatic heterocycles. The van der Waals surface area contributed by atoms with Crippen LogP contribution in [-0.4, -0.2) is 17.7 Å². The molecule has 2 nitrogen and oxygen atoms in total. The maximum Gasteiger partial charge on any atom is 0.119 e. The van der Waals surface area contributed by atoms with E-state index >= 15 is 0 Å². The van der Waals surface area contributed by atoms with Crippen molar-refractivity contribution >= 4 is 5.57 Å². The van der Waals surface area contributed by atoms with Gasteiger partial charge >= 0.3 is 0 Å². The normalized spacial score (nSPS) is 15.6.